The molecule has 0 aromatic rings. The maximum atomic E-state index is 13.2. The van der Waals surface area contributed by atoms with E-state index in [1.807, 2.05) is 24.3 Å². The zero-order chi connectivity index (χ0) is 45.2. The van der Waals surface area contributed by atoms with Crippen molar-refractivity contribution in [3.05, 3.63) is 60.8 Å². The van der Waals surface area contributed by atoms with Crippen LogP contribution in [0.2, 0.25) is 0 Å². The van der Waals surface area contributed by atoms with E-state index in [0.29, 0.717) is 19.3 Å². The largest absolute Gasteiger partial charge is 0.462 e. The van der Waals surface area contributed by atoms with Crippen LogP contribution in [0, 0.1) is 0 Å². The summed E-state index contributed by atoms with van der Waals surface area (Å²) in [6.45, 7) is 6.34. The summed E-state index contributed by atoms with van der Waals surface area (Å²) in [6, 6.07) is -0.716. The minimum Gasteiger partial charge on any atom is -0.462 e. The van der Waals surface area contributed by atoms with E-state index in [1.165, 1.54) is 128 Å². The van der Waals surface area contributed by atoms with Crippen molar-refractivity contribution in [3.8, 4) is 0 Å². The summed E-state index contributed by atoms with van der Waals surface area (Å²) < 4.78 is 5.91. The van der Waals surface area contributed by atoms with Crippen molar-refractivity contribution in [2.75, 3.05) is 6.61 Å². The van der Waals surface area contributed by atoms with E-state index in [9.17, 15) is 19.8 Å². The molecular weight excluding hydrogens is 767 g/mol. The van der Waals surface area contributed by atoms with Gasteiger partial charge in [0.2, 0.25) is 5.91 Å². The molecule has 0 aliphatic heterocycles. The van der Waals surface area contributed by atoms with Crippen LogP contribution in [0.25, 0.3) is 0 Å². The van der Waals surface area contributed by atoms with E-state index in [1.54, 1.807) is 0 Å². The molecule has 6 nitrogen and oxygen atoms in total. The van der Waals surface area contributed by atoms with Crippen molar-refractivity contribution in [1.82, 2.24) is 5.32 Å². The Hall–Kier alpha value is -2.44. The lowest BCUT2D eigenvalue weighted by Crippen LogP contribution is -2.46. The molecule has 360 valence electrons. The summed E-state index contributed by atoms with van der Waals surface area (Å²) in [5, 5.41) is 23.8. The van der Waals surface area contributed by atoms with Gasteiger partial charge >= 0.3 is 5.97 Å². The number of carbonyl (C=O) groups is 2. The topological polar surface area (TPSA) is 95.9 Å². The molecule has 62 heavy (non-hydrogen) atoms. The first kappa shape index (κ1) is 59.6. The molecule has 0 fully saturated rings. The Morgan fingerprint density at radius 3 is 1.39 bits per heavy atom. The zero-order valence-electron chi connectivity index (χ0n) is 41.0. The average Bonchev–Trinajstić information content (AvgIpc) is 3.26. The van der Waals surface area contributed by atoms with Crippen molar-refractivity contribution in [2.45, 2.75) is 277 Å². The highest BCUT2D eigenvalue weighted by Crippen LogP contribution is 2.17. The van der Waals surface area contributed by atoms with Crippen LogP contribution in [-0.2, 0) is 14.3 Å². The fraction of sp³-hybridized carbons (Fsp3) is 0.786. The highest BCUT2D eigenvalue weighted by atomic mass is 16.5. The Bertz CT molecular complexity index is 1110. The van der Waals surface area contributed by atoms with Gasteiger partial charge in [0.25, 0.3) is 0 Å². The van der Waals surface area contributed by atoms with Gasteiger partial charge in [-0.2, -0.15) is 0 Å². The minimum absolute atomic E-state index is 0.0504. The quantitative estimate of drug-likeness (QED) is 0.0245. The molecule has 0 radical (unpaired) electrons. The number of hydrogen-bond acceptors (Lipinski definition) is 5. The molecule has 1 amide bonds. The number of esters is 1. The number of carbonyl (C=O) groups excluding carboxylic acids is 2. The molecule has 0 saturated heterocycles. The van der Waals surface area contributed by atoms with Crippen LogP contribution >= 0.6 is 0 Å². The number of ether oxygens (including phenoxy) is 1. The minimum atomic E-state index is -0.800. The Morgan fingerprint density at radius 1 is 0.484 bits per heavy atom. The summed E-state index contributed by atoms with van der Waals surface area (Å²) in [7, 11) is 0. The lowest BCUT2D eigenvalue weighted by Gasteiger charge is -2.24. The number of aliphatic hydroxyl groups excluding tert-OH is 2. The third-order valence-electron chi connectivity index (χ3n) is 11.9. The van der Waals surface area contributed by atoms with Crippen molar-refractivity contribution < 1.29 is 24.5 Å². The van der Waals surface area contributed by atoms with E-state index >= 15 is 0 Å². The van der Waals surface area contributed by atoms with Crippen LogP contribution in [0.5, 0.6) is 0 Å². The molecule has 3 N–H and O–H groups in total. The lowest BCUT2D eigenvalue weighted by atomic mass is 10.0. The van der Waals surface area contributed by atoms with Crippen LogP contribution in [-0.4, -0.2) is 46.9 Å². The highest BCUT2D eigenvalue weighted by Gasteiger charge is 2.24. The van der Waals surface area contributed by atoms with E-state index in [4.69, 9.17) is 4.74 Å². The van der Waals surface area contributed by atoms with Gasteiger partial charge in [-0.3, -0.25) is 9.59 Å². The highest BCUT2D eigenvalue weighted by molar-refractivity contribution is 5.77. The second-order valence-electron chi connectivity index (χ2n) is 18.0. The van der Waals surface area contributed by atoms with Crippen LogP contribution in [0.1, 0.15) is 258 Å². The Morgan fingerprint density at radius 2 is 0.887 bits per heavy atom. The maximum Gasteiger partial charge on any atom is 0.306 e. The zero-order valence-corrected chi connectivity index (χ0v) is 41.0. The normalized spacial score (nSPS) is 13.7. The third kappa shape index (κ3) is 44.2. The fourth-order valence-electron chi connectivity index (χ4n) is 7.91. The van der Waals surface area contributed by atoms with Crippen molar-refractivity contribution in [1.29, 1.82) is 0 Å². The monoisotopic (exact) mass is 868 g/mol. The second-order valence-corrected chi connectivity index (χ2v) is 18.0. The van der Waals surface area contributed by atoms with Gasteiger partial charge in [0, 0.05) is 6.42 Å². The number of hydrogen-bond donors (Lipinski definition) is 3. The van der Waals surface area contributed by atoms with E-state index in [2.05, 4.69) is 62.5 Å². The molecular formula is C56H101NO5. The molecule has 0 bridgehead atoms. The summed E-state index contributed by atoms with van der Waals surface area (Å²) in [5.74, 6) is -0.531. The predicted octanol–water partition coefficient (Wildman–Crippen LogP) is 16.0. The molecule has 0 saturated carbocycles. The van der Waals surface area contributed by atoms with E-state index < -0.39 is 18.2 Å². The summed E-state index contributed by atoms with van der Waals surface area (Å²) in [4.78, 5) is 26.1. The van der Waals surface area contributed by atoms with Gasteiger partial charge in [-0.1, -0.05) is 236 Å². The molecule has 0 aliphatic rings. The van der Waals surface area contributed by atoms with Crippen molar-refractivity contribution in [2.24, 2.45) is 0 Å². The van der Waals surface area contributed by atoms with Gasteiger partial charge in [0.15, 0.2) is 0 Å². The second kappa shape index (κ2) is 49.6. The molecule has 0 aromatic heterocycles. The SMILES string of the molecule is CC/C=C/C=C/C=C\C=C/CCCCCC(=O)OC(CCCCC/C=C/CCCCCCCCCCC)CC(=O)NC(CO)C(O)CCCCCCCCCCCCCCCC. The standard InChI is InChI=1S/C56H101NO5/c1-4-7-10-13-16-19-22-25-27-28-30-32-35-38-41-44-47-52(62-56(61)49-46-43-40-37-34-29-24-21-18-15-12-9-6-3)50-55(60)57-53(51-58)54(59)48-45-42-39-36-33-31-26-23-20-17-14-11-8-5-2/h9,12,15,18,21,24,29-30,32,34,52-54,58-59H,4-8,10-11,13-14,16-17,19-20,22-23,25-28,31,33,35-51H2,1-3H3,(H,57,60)/b12-9+,18-15+,24-21-,32-30+,34-29-. The van der Waals surface area contributed by atoms with Crippen LogP contribution < -0.4 is 5.32 Å². The summed E-state index contributed by atoms with van der Waals surface area (Å²) in [5.41, 5.74) is 0. The summed E-state index contributed by atoms with van der Waals surface area (Å²) >= 11 is 0. The van der Waals surface area contributed by atoms with Crippen molar-refractivity contribution >= 4 is 11.9 Å². The summed E-state index contributed by atoms with van der Waals surface area (Å²) in [6.07, 6.45) is 61.4. The van der Waals surface area contributed by atoms with Gasteiger partial charge < -0.3 is 20.3 Å². The predicted molar refractivity (Wildman–Crippen MR) is 268 cm³/mol. The number of nitrogens with one attached hydrogen (secondary N) is 1. The Labute approximate surface area is 384 Å². The molecule has 3 unspecified atom stereocenters. The molecule has 0 spiro atoms. The van der Waals surface area contributed by atoms with Crippen LogP contribution in [0.4, 0.5) is 0 Å². The molecule has 0 aromatic carbocycles. The molecule has 0 rings (SSSR count). The third-order valence-corrected chi connectivity index (χ3v) is 11.9. The molecule has 3 atom stereocenters. The Kier molecular flexibility index (Phi) is 47.6. The smallest absolute Gasteiger partial charge is 0.306 e. The Balaban J connectivity index is 4.64. The molecule has 0 aliphatic carbocycles. The average molecular weight is 868 g/mol. The number of rotatable bonds is 47. The molecule has 0 heterocycles. The molecule has 6 heteroatoms. The van der Waals surface area contributed by atoms with Gasteiger partial charge in [-0.05, 0) is 70.6 Å². The van der Waals surface area contributed by atoms with Gasteiger partial charge in [-0.25, -0.2) is 0 Å². The first-order valence-electron chi connectivity index (χ1n) is 26.6. The first-order valence-corrected chi connectivity index (χ1v) is 26.6. The van der Waals surface area contributed by atoms with E-state index in [0.717, 1.165) is 83.5 Å². The fourth-order valence-corrected chi connectivity index (χ4v) is 7.91. The number of amides is 1. The van der Waals surface area contributed by atoms with Gasteiger partial charge in [0.1, 0.15) is 6.10 Å². The number of aliphatic hydroxyl groups is 2. The van der Waals surface area contributed by atoms with Crippen LogP contribution in [0.15, 0.2) is 60.8 Å². The number of unbranched alkanes of at least 4 members (excludes halogenated alkanes) is 28. The number of allylic oxidation sites excluding steroid dienone is 10. The first-order chi connectivity index (χ1) is 30.5. The maximum absolute atomic E-state index is 13.2. The lowest BCUT2D eigenvalue weighted by molar-refractivity contribution is -0.151. The van der Waals surface area contributed by atoms with Crippen LogP contribution in [0.3, 0.4) is 0 Å². The van der Waals surface area contributed by atoms with Gasteiger partial charge in [-0.15, -0.1) is 0 Å². The van der Waals surface area contributed by atoms with Crippen molar-refractivity contribution in [3.63, 3.8) is 0 Å². The van der Waals surface area contributed by atoms with Gasteiger partial charge in [0.05, 0.1) is 25.2 Å². The van der Waals surface area contributed by atoms with E-state index in [-0.39, 0.29) is 24.9 Å².